The third kappa shape index (κ3) is 2.83. The third-order valence-corrected chi connectivity index (χ3v) is 7.41. The first kappa shape index (κ1) is 22.2. The Morgan fingerprint density at radius 3 is 0.811 bits per heavy atom. The van der Waals surface area contributed by atoms with Crippen LogP contribution in [0.1, 0.15) is 63.7 Å². The molecule has 6 rings (SSSR count). The fraction of sp³-hybridized carbons (Fsp3) is 0.0345. The van der Waals surface area contributed by atoms with Crippen molar-refractivity contribution in [3.63, 3.8) is 0 Å². The fourth-order valence-electron chi connectivity index (χ4n) is 5.84. The summed E-state index contributed by atoms with van der Waals surface area (Å²) in [5, 5.41) is 0. The molecule has 37 heavy (non-hydrogen) atoms. The lowest BCUT2D eigenvalue weighted by Crippen LogP contribution is -2.28. The number of carbonyl (C=O) groups excluding carboxylic acids is 4. The van der Waals surface area contributed by atoms with E-state index in [1.165, 1.54) is 0 Å². The maximum Gasteiger partial charge on any atom is 0.248 e. The first-order valence-corrected chi connectivity index (χ1v) is 11.4. The van der Waals surface area contributed by atoms with Crippen LogP contribution >= 0.6 is 0 Å². The summed E-state index contributed by atoms with van der Waals surface area (Å²) in [7, 11) is 0. The van der Waals surface area contributed by atoms with E-state index in [-0.39, 0.29) is 22.3 Å². The van der Waals surface area contributed by atoms with Crippen molar-refractivity contribution in [2.45, 2.75) is 5.41 Å². The van der Waals surface area contributed by atoms with Crippen LogP contribution in [0.25, 0.3) is 22.3 Å². The Labute approximate surface area is 210 Å². The summed E-state index contributed by atoms with van der Waals surface area (Å²) in [5.41, 5.74) is 28.7. The third-order valence-electron chi connectivity index (χ3n) is 7.41. The summed E-state index contributed by atoms with van der Waals surface area (Å²) < 4.78 is 0. The molecule has 0 aliphatic heterocycles. The number of amides is 4. The number of hydrogen-bond donors (Lipinski definition) is 4. The van der Waals surface area contributed by atoms with E-state index in [2.05, 4.69) is 0 Å². The Bertz CT molecular complexity index is 1500. The number of hydrogen-bond acceptors (Lipinski definition) is 4. The van der Waals surface area contributed by atoms with Gasteiger partial charge >= 0.3 is 0 Å². The monoisotopic (exact) mass is 488 g/mol. The highest BCUT2D eigenvalue weighted by atomic mass is 16.2. The molecular weight excluding hydrogens is 468 g/mol. The van der Waals surface area contributed by atoms with E-state index in [1.54, 1.807) is 72.8 Å². The molecule has 0 aromatic heterocycles. The SMILES string of the molecule is NC(=O)c1ccc2c(c1)C1(c3cc(C(N)=O)ccc3-2)c2cc(C(N)=O)ccc2-c2ccc(C(N)=O)cc21. The summed E-state index contributed by atoms with van der Waals surface area (Å²) in [6, 6.07) is 20.7. The van der Waals surface area contributed by atoms with Crippen LogP contribution < -0.4 is 22.9 Å². The normalized spacial score (nSPS) is 13.4. The lowest BCUT2D eigenvalue weighted by atomic mass is 9.69. The largest absolute Gasteiger partial charge is 0.366 e. The molecule has 0 atom stereocenters. The maximum atomic E-state index is 12.2. The molecule has 8 N–H and O–H groups in total. The van der Waals surface area contributed by atoms with Gasteiger partial charge in [-0.1, -0.05) is 24.3 Å². The van der Waals surface area contributed by atoms with Crippen LogP contribution in [0.2, 0.25) is 0 Å². The molecule has 4 amide bonds. The van der Waals surface area contributed by atoms with Crippen LogP contribution in [0.4, 0.5) is 0 Å². The Morgan fingerprint density at radius 1 is 0.405 bits per heavy atom. The van der Waals surface area contributed by atoms with E-state index in [1.807, 2.05) is 0 Å². The molecule has 4 aromatic rings. The van der Waals surface area contributed by atoms with Gasteiger partial charge in [-0.2, -0.15) is 0 Å². The van der Waals surface area contributed by atoms with Gasteiger partial charge in [-0.3, -0.25) is 19.2 Å². The Kier molecular flexibility index (Phi) is 4.44. The van der Waals surface area contributed by atoms with E-state index >= 15 is 0 Å². The standard InChI is InChI=1S/C29H20N4O4/c30-25(34)13-1-5-17-18-6-2-14(26(31)35)10-22(18)29(21(17)9-13)23-11-15(27(32)36)3-7-19(23)20-8-4-16(28(33)37)12-24(20)29/h1-12H,(H2,30,34)(H2,31,35)(H2,32,36)(H2,33,37). The number of nitrogens with two attached hydrogens (primary N) is 4. The van der Waals surface area contributed by atoms with Crippen LogP contribution in [0.3, 0.4) is 0 Å². The number of rotatable bonds is 4. The average Bonchev–Trinajstić information content (AvgIpc) is 3.33. The number of fused-ring (bicyclic) bond motifs is 10. The van der Waals surface area contributed by atoms with Crippen LogP contribution in [0.15, 0.2) is 72.8 Å². The molecule has 1 spiro atoms. The molecule has 0 unspecified atom stereocenters. The molecule has 0 fully saturated rings. The number of carbonyl (C=O) groups is 4. The first-order valence-electron chi connectivity index (χ1n) is 11.4. The van der Waals surface area contributed by atoms with Crippen molar-refractivity contribution in [1.29, 1.82) is 0 Å². The zero-order valence-electron chi connectivity index (χ0n) is 19.4. The molecule has 0 radical (unpaired) electrons. The van der Waals surface area contributed by atoms with Gasteiger partial charge in [0, 0.05) is 22.3 Å². The van der Waals surface area contributed by atoms with Crippen molar-refractivity contribution in [2.24, 2.45) is 22.9 Å². The number of benzene rings is 4. The highest BCUT2D eigenvalue weighted by molar-refractivity contribution is 6.03. The van der Waals surface area contributed by atoms with Gasteiger partial charge in [0.2, 0.25) is 23.6 Å². The molecule has 0 saturated carbocycles. The second-order valence-electron chi connectivity index (χ2n) is 9.25. The van der Waals surface area contributed by atoms with Crippen molar-refractivity contribution in [1.82, 2.24) is 0 Å². The van der Waals surface area contributed by atoms with Gasteiger partial charge < -0.3 is 22.9 Å². The van der Waals surface area contributed by atoms with Crippen LogP contribution in [-0.2, 0) is 5.41 Å². The summed E-state index contributed by atoms with van der Waals surface area (Å²) in [4.78, 5) is 48.9. The summed E-state index contributed by atoms with van der Waals surface area (Å²) in [5.74, 6) is -2.44. The zero-order valence-corrected chi connectivity index (χ0v) is 19.4. The zero-order chi connectivity index (χ0) is 26.2. The first-order chi connectivity index (χ1) is 17.6. The lowest BCUT2D eigenvalue weighted by Gasteiger charge is -2.31. The van der Waals surface area contributed by atoms with Crippen molar-refractivity contribution in [3.8, 4) is 22.3 Å². The van der Waals surface area contributed by atoms with Gasteiger partial charge in [-0.25, -0.2) is 0 Å². The van der Waals surface area contributed by atoms with Crippen molar-refractivity contribution >= 4 is 23.6 Å². The van der Waals surface area contributed by atoms with Gasteiger partial charge in [-0.15, -0.1) is 0 Å². The predicted octanol–water partition coefficient (Wildman–Crippen LogP) is 2.43. The van der Waals surface area contributed by atoms with Crippen molar-refractivity contribution in [3.05, 3.63) is 117 Å². The molecule has 2 aliphatic rings. The minimum absolute atomic E-state index is 0.285. The van der Waals surface area contributed by atoms with Crippen LogP contribution in [0.5, 0.6) is 0 Å². The Balaban J connectivity index is 1.85. The Hall–Kier alpha value is -5.24. The summed E-state index contributed by atoms with van der Waals surface area (Å²) in [6.45, 7) is 0. The van der Waals surface area contributed by atoms with Gasteiger partial charge in [0.1, 0.15) is 0 Å². The van der Waals surface area contributed by atoms with E-state index in [0.29, 0.717) is 22.3 Å². The van der Waals surface area contributed by atoms with E-state index < -0.39 is 29.0 Å². The second kappa shape index (κ2) is 7.38. The highest BCUT2D eigenvalue weighted by Gasteiger charge is 2.52. The Morgan fingerprint density at radius 2 is 0.622 bits per heavy atom. The number of primary amides is 4. The van der Waals surface area contributed by atoms with Crippen LogP contribution in [-0.4, -0.2) is 23.6 Å². The van der Waals surface area contributed by atoms with Gasteiger partial charge in [0.05, 0.1) is 5.41 Å². The highest BCUT2D eigenvalue weighted by Crippen LogP contribution is 2.63. The minimum Gasteiger partial charge on any atom is -0.366 e. The lowest BCUT2D eigenvalue weighted by molar-refractivity contribution is 0.0992. The van der Waals surface area contributed by atoms with Gasteiger partial charge in [0.25, 0.3) is 0 Å². The topological polar surface area (TPSA) is 172 Å². The molecule has 4 aromatic carbocycles. The molecule has 2 aliphatic carbocycles. The van der Waals surface area contributed by atoms with Gasteiger partial charge in [-0.05, 0) is 93.0 Å². The maximum absolute atomic E-state index is 12.2. The summed E-state index contributed by atoms with van der Waals surface area (Å²) >= 11 is 0. The molecule has 180 valence electrons. The molecular formula is C29H20N4O4. The van der Waals surface area contributed by atoms with Gasteiger partial charge in [0.15, 0.2) is 0 Å². The molecule has 0 heterocycles. The average molecular weight is 489 g/mol. The molecule has 8 nitrogen and oxygen atoms in total. The van der Waals surface area contributed by atoms with Crippen molar-refractivity contribution in [2.75, 3.05) is 0 Å². The van der Waals surface area contributed by atoms with Crippen LogP contribution in [0, 0.1) is 0 Å². The fourth-order valence-corrected chi connectivity index (χ4v) is 5.84. The smallest absolute Gasteiger partial charge is 0.248 e. The molecule has 8 heteroatoms. The molecule has 0 bridgehead atoms. The quantitative estimate of drug-likeness (QED) is 0.299. The van der Waals surface area contributed by atoms with E-state index in [4.69, 9.17) is 22.9 Å². The van der Waals surface area contributed by atoms with Crippen molar-refractivity contribution < 1.29 is 19.2 Å². The summed E-state index contributed by atoms with van der Waals surface area (Å²) in [6.07, 6.45) is 0. The van der Waals surface area contributed by atoms with E-state index in [9.17, 15) is 19.2 Å². The second-order valence-corrected chi connectivity index (χ2v) is 9.25. The predicted molar refractivity (Wildman–Crippen MR) is 137 cm³/mol. The van der Waals surface area contributed by atoms with E-state index in [0.717, 1.165) is 22.3 Å². The molecule has 0 saturated heterocycles. The minimum atomic E-state index is -1.11.